The maximum absolute atomic E-state index is 11.8. The van der Waals surface area contributed by atoms with E-state index in [0.29, 0.717) is 13.1 Å². The summed E-state index contributed by atoms with van der Waals surface area (Å²) < 4.78 is 41.6. The molecule has 1 unspecified atom stereocenters. The SMILES string of the molecule is Cc1cnn(CC(C)NCCOCC(F)(F)F)c1. The van der Waals surface area contributed by atoms with Crippen LogP contribution in [-0.2, 0) is 11.3 Å². The first kappa shape index (κ1) is 15.0. The monoisotopic (exact) mass is 265 g/mol. The highest BCUT2D eigenvalue weighted by molar-refractivity contribution is 4.99. The maximum Gasteiger partial charge on any atom is 0.411 e. The smallest absolute Gasteiger partial charge is 0.371 e. The topological polar surface area (TPSA) is 39.1 Å². The van der Waals surface area contributed by atoms with Crippen LogP contribution < -0.4 is 5.32 Å². The largest absolute Gasteiger partial charge is 0.411 e. The number of ether oxygens (including phenoxy) is 1. The lowest BCUT2D eigenvalue weighted by Crippen LogP contribution is -2.33. The summed E-state index contributed by atoms with van der Waals surface area (Å²) in [5.74, 6) is 0. The molecule has 0 aromatic carbocycles. The Bertz CT molecular complexity index is 352. The van der Waals surface area contributed by atoms with Crippen LogP contribution in [0.25, 0.3) is 0 Å². The van der Waals surface area contributed by atoms with E-state index in [1.54, 1.807) is 10.9 Å². The zero-order chi connectivity index (χ0) is 13.6. The standard InChI is InChI=1S/C11H18F3N3O/c1-9-5-16-17(6-9)7-10(2)15-3-4-18-8-11(12,13)14/h5-6,10,15H,3-4,7-8H2,1-2H3. The van der Waals surface area contributed by atoms with Gasteiger partial charge in [-0.2, -0.15) is 18.3 Å². The van der Waals surface area contributed by atoms with Crippen molar-refractivity contribution in [2.45, 2.75) is 32.6 Å². The molecule has 4 nitrogen and oxygen atoms in total. The third-order valence-corrected chi connectivity index (χ3v) is 2.23. The second-order valence-electron chi connectivity index (χ2n) is 4.26. The van der Waals surface area contributed by atoms with Crippen LogP contribution in [0.2, 0.25) is 0 Å². The van der Waals surface area contributed by atoms with Gasteiger partial charge < -0.3 is 10.1 Å². The average Bonchev–Trinajstić information content (AvgIpc) is 2.61. The number of aromatic nitrogens is 2. The van der Waals surface area contributed by atoms with Crippen LogP contribution in [0.5, 0.6) is 0 Å². The average molecular weight is 265 g/mol. The third kappa shape index (κ3) is 6.61. The van der Waals surface area contributed by atoms with E-state index in [1.807, 2.05) is 20.0 Å². The van der Waals surface area contributed by atoms with Gasteiger partial charge in [-0.1, -0.05) is 0 Å². The van der Waals surface area contributed by atoms with Crippen molar-refractivity contribution in [2.75, 3.05) is 19.8 Å². The Morgan fingerprint density at radius 2 is 2.22 bits per heavy atom. The number of hydrogen-bond acceptors (Lipinski definition) is 3. The Balaban J connectivity index is 2.09. The van der Waals surface area contributed by atoms with Gasteiger partial charge >= 0.3 is 6.18 Å². The van der Waals surface area contributed by atoms with Crippen molar-refractivity contribution in [1.29, 1.82) is 0 Å². The van der Waals surface area contributed by atoms with Crippen LogP contribution in [0.4, 0.5) is 13.2 Å². The van der Waals surface area contributed by atoms with Crippen LogP contribution in [0, 0.1) is 6.92 Å². The Hall–Kier alpha value is -1.08. The summed E-state index contributed by atoms with van der Waals surface area (Å²) in [5, 5.41) is 7.20. The normalized spacial score (nSPS) is 13.8. The summed E-state index contributed by atoms with van der Waals surface area (Å²) in [6.45, 7) is 3.81. The summed E-state index contributed by atoms with van der Waals surface area (Å²) in [6, 6.07) is 0.124. The zero-order valence-corrected chi connectivity index (χ0v) is 10.5. The molecule has 104 valence electrons. The molecule has 1 aromatic rings. The molecule has 0 aliphatic carbocycles. The first-order valence-corrected chi connectivity index (χ1v) is 5.74. The number of nitrogens with one attached hydrogen (secondary N) is 1. The molecule has 0 fully saturated rings. The molecule has 0 aliphatic rings. The van der Waals surface area contributed by atoms with E-state index < -0.39 is 12.8 Å². The second kappa shape index (κ2) is 6.75. The second-order valence-corrected chi connectivity index (χ2v) is 4.26. The van der Waals surface area contributed by atoms with E-state index in [1.165, 1.54) is 0 Å². The Morgan fingerprint density at radius 1 is 1.50 bits per heavy atom. The number of nitrogens with zero attached hydrogens (tertiary/aromatic N) is 2. The first-order valence-electron chi connectivity index (χ1n) is 5.74. The molecule has 0 radical (unpaired) electrons. The van der Waals surface area contributed by atoms with Gasteiger partial charge in [0, 0.05) is 18.8 Å². The molecule has 1 aromatic heterocycles. The number of rotatable bonds is 7. The quantitative estimate of drug-likeness (QED) is 0.763. The van der Waals surface area contributed by atoms with Crippen molar-refractivity contribution < 1.29 is 17.9 Å². The highest BCUT2D eigenvalue weighted by Crippen LogP contribution is 2.13. The van der Waals surface area contributed by atoms with Gasteiger partial charge in [0.1, 0.15) is 6.61 Å². The van der Waals surface area contributed by atoms with E-state index in [0.717, 1.165) is 5.56 Å². The Kier molecular flexibility index (Phi) is 5.61. The van der Waals surface area contributed by atoms with Crippen LogP contribution in [0.15, 0.2) is 12.4 Å². The van der Waals surface area contributed by atoms with E-state index >= 15 is 0 Å². The predicted octanol–water partition coefficient (Wildman–Crippen LogP) is 1.75. The van der Waals surface area contributed by atoms with Gasteiger partial charge in [-0.15, -0.1) is 0 Å². The minimum absolute atomic E-state index is 0.0436. The molecule has 7 heteroatoms. The van der Waals surface area contributed by atoms with Crippen LogP contribution in [-0.4, -0.2) is 41.8 Å². The molecular formula is C11H18F3N3O. The van der Waals surface area contributed by atoms with Crippen molar-refractivity contribution >= 4 is 0 Å². The highest BCUT2D eigenvalue weighted by Gasteiger charge is 2.27. The molecule has 0 bridgehead atoms. The molecule has 1 rings (SSSR count). The fourth-order valence-electron chi connectivity index (χ4n) is 1.48. The van der Waals surface area contributed by atoms with E-state index in [2.05, 4.69) is 15.2 Å². The minimum Gasteiger partial charge on any atom is -0.371 e. The number of alkyl halides is 3. The van der Waals surface area contributed by atoms with Gasteiger partial charge in [-0.3, -0.25) is 4.68 Å². The fraction of sp³-hybridized carbons (Fsp3) is 0.727. The summed E-state index contributed by atoms with van der Waals surface area (Å²) in [6.07, 6.45) is -0.574. The summed E-state index contributed by atoms with van der Waals surface area (Å²) >= 11 is 0. The molecule has 0 aliphatic heterocycles. The van der Waals surface area contributed by atoms with Gasteiger partial charge in [0.2, 0.25) is 0 Å². The van der Waals surface area contributed by atoms with E-state index in [-0.39, 0.29) is 12.6 Å². The van der Waals surface area contributed by atoms with Gasteiger partial charge in [-0.25, -0.2) is 0 Å². The Labute approximate surface area is 104 Å². The Morgan fingerprint density at radius 3 is 2.78 bits per heavy atom. The van der Waals surface area contributed by atoms with E-state index in [4.69, 9.17) is 0 Å². The van der Waals surface area contributed by atoms with Crippen LogP contribution in [0.3, 0.4) is 0 Å². The number of halogens is 3. The van der Waals surface area contributed by atoms with Gasteiger partial charge in [-0.05, 0) is 19.4 Å². The highest BCUT2D eigenvalue weighted by atomic mass is 19.4. The van der Waals surface area contributed by atoms with Gasteiger partial charge in [0.15, 0.2) is 0 Å². The summed E-state index contributed by atoms with van der Waals surface area (Å²) in [5.41, 5.74) is 1.08. The molecule has 0 saturated heterocycles. The van der Waals surface area contributed by atoms with Crippen molar-refractivity contribution in [2.24, 2.45) is 0 Å². The van der Waals surface area contributed by atoms with Crippen LogP contribution >= 0.6 is 0 Å². The fourth-order valence-corrected chi connectivity index (χ4v) is 1.48. The zero-order valence-electron chi connectivity index (χ0n) is 10.5. The molecule has 18 heavy (non-hydrogen) atoms. The lowest BCUT2D eigenvalue weighted by molar-refractivity contribution is -0.173. The maximum atomic E-state index is 11.8. The lowest BCUT2D eigenvalue weighted by Gasteiger charge is -2.14. The summed E-state index contributed by atoms with van der Waals surface area (Å²) in [4.78, 5) is 0. The molecule has 0 saturated carbocycles. The number of hydrogen-bond donors (Lipinski definition) is 1. The molecule has 0 spiro atoms. The molecule has 1 heterocycles. The predicted molar refractivity (Wildman–Crippen MR) is 61.3 cm³/mol. The van der Waals surface area contributed by atoms with Crippen LogP contribution in [0.1, 0.15) is 12.5 Å². The van der Waals surface area contributed by atoms with E-state index in [9.17, 15) is 13.2 Å². The van der Waals surface area contributed by atoms with Crippen molar-refractivity contribution in [3.05, 3.63) is 18.0 Å². The molecular weight excluding hydrogens is 247 g/mol. The lowest BCUT2D eigenvalue weighted by atomic mass is 10.3. The summed E-state index contributed by atoms with van der Waals surface area (Å²) in [7, 11) is 0. The molecule has 1 N–H and O–H groups in total. The van der Waals surface area contributed by atoms with Crippen molar-refractivity contribution in [3.8, 4) is 0 Å². The number of aryl methyl sites for hydroxylation is 1. The molecule has 0 amide bonds. The van der Waals surface area contributed by atoms with Crippen molar-refractivity contribution in [1.82, 2.24) is 15.1 Å². The minimum atomic E-state index is -4.25. The van der Waals surface area contributed by atoms with Gasteiger partial charge in [0.05, 0.1) is 19.3 Å². The van der Waals surface area contributed by atoms with Crippen molar-refractivity contribution in [3.63, 3.8) is 0 Å². The third-order valence-electron chi connectivity index (χ3n) is 2.23. The van der Waals surface area contributed by atoms with Gasteiger partial charge in [0.25, 0.3) is 0 Å². The molecule has 1 atom stereocenters. The first-order chi connectivity index (χ1) is 8.37.